The minimum Gasteiger partial charge on any atom is -0.453 e. The molecule has 0 aromatic carbocycles. The molecule has 2 saturated carbocycles. The van der Waals surface area contributed by atoms with Crippen molar-refractivity contribution in [2.45, 2.75) is 36.7 Å². The highest BCUT2D eigenvalue weighted by molar-refractivity contribution is 6.35. The summed E-state index contributed by atoms with van der Waals surface area (Å²) in [7, 11) is 0. The van der Waals surface area contributed by atoms with Gasteiger partial charge in [0.1, 0.15) is 5.38 Å². The summed E-state index contributed by atoms with van der Waals surface area (Å²) in [5.74, 6) is -0.0495. The number of ketones is 1. The Morgan fingerprint density at radius 1 is 1.54 bits per heavy atom. The number of rotatable bonds is 2. The van der Waals surface area contributed by atoms with Crippen molar-refractivity contribution >= 4 is 23.9 Å². The smallest absolute Gasteiger partial charge is 0.294 e. The van der Waals surface area contributed by atoms with Crippen molar-refractivity contribution in [3.63, 3.8) is 0 Å². The summed E-state index contributed by atoms with van der Waals surface area (Å²) >= 11 is 5.85. The van der Waals surface area contributed by atoms with E-state index < -0.39 is 11.0 Å². The van der Waals surface area contributed by atoms with Gasteiger partial charge in [0.05, 0.1) is 0 Å². The molecule has 0 saturated heterocycles. The van der Waals surface area contributed by atoms with Gasteiger partial charge in [-0.05, 0) is 19.3 Å². The van der Waals surface area contributed by atoms with Crippen LogP contribution in [0.5, 0.6) is 0 Å². The highest BCUT2D eigenvalue weighted by Crippen LogP contribution is 2.50. The Balaban J connectivity index is 2.21. The number of fused-ring (bicyclic) bond motifs is 1. The van der Waals surface area contributed by atoms with Gasteiger partial charge in [-0.25, -0.2) is 0 Å². The minimum absolute atomic E-state index is 0.0561. The number of Topliss-reactive ketones (excluding diaryl/α,β-unsaturated/α-hetero) is 1. The second-order valence-corrected chi connectivity index (χ2v) is 4.19. The first-order valence-electron chi connectivity index (χ1n) is 4.52. The van der Waals surface area contributed by atoms with Gasteiger partial charge in [-0.2, -0.15) is 0 Å². The van der Waals surface area contributed by atoms with Gasteiger partial charge in [0.15, 0.2) is 11.4 Å². The first-order valence-corrected chi connectivity index (χ1v) is 4.96. The Labute approximate surface area is 81.4 Å². The summed E-state index contributed by atoms with van der Waals surface area (Å²) in [4.78, 5) is 21.8. The molecule has 0 N–H and O–H groups in total. The van der Waals surface area contributed by atoms with E-state index >= 15 is 0 Å². The SMILES string of the molecule is O=CO[C@]12CCCC[C@H]1C(Cl)C2=O. The number of carbonyl (C=O) groups is 2. The van der Waals surface area contributed by atoms with Crippen LogP contribution in [0, 0.1) is 5.92 Å². The summed E-state index contributed by atoms with van der Waals surface area (Å²) in [5, 5.41) is -0.430. The van der Waals surface area contributed by atoms with E-state index in [0.717, 1.165) is 19.3 Å². The van der Waals surface area contributed by atoms with Crippen LogP contribution in [0.1, 0.15) is 25.7 Å². The predicted molar refractivity (Wildman–Crippen MR) is 46.5 cm³/mol. The van der Waals surface area contributed by atoms with Crippen molar-refractivity contribution in [2.75, 3.05) is 0 Å². The van der Waals surface area contributed by atoms with Gasteiger partial charge in [0.25, 0.3) is 6.47 Å². The maximum absolute atomic E-state index is 11.5. The summed E-state index contributed by atoms with van der Waals surface area (Å²) in [6.45, 7) is 0.374. The van der Waals surface area contributed by atoms with Crippen LogP contribution in [0.4, 0.5) is 0 Å². The fourth-order valence-electron chi connectivity index (χ4n) is 2.47. The third kappa shape index (κ3) is 1.03. The second-order valence-electron chi connectivity index (χ2n) is 3.72. The molecule has 3 atom stereocenters. The van der Waals surface area contributed by atoms with Crippen LogP contribution in [-0.2, 0) is 14.3 Å². The van der Waals surface area contributed by atoms with Crippen LogP contribution in [-0.4, -0.2) is 23.2 Å². The monoisotopic (exact) mass is 202 g/mol. The number of hydrogen-bond donors (Lipinski definition) is 0. The van der Waals surface area contributed by atoms with Crippen molar-refractivity contribution in [3.05, 3.63) is 0 Å². The van der Waals surface area contributed by atoms with E-state index in [9.17, 15) is 9.59 Å². The summed E-state index contributed by atoms with van der Waals surface area (Å²) in [6, 6.07) is 0. The van der Waals surface area contributed by atoms with Crippen LogP contribution in [0.15, 0.2) is 0 Å². The Morgan fingerprint density at radius 2 is 2.31 bits per heavy atom. The molecule has 2 fully saturated rings. The lowest BCUT2D eigenvalue weighted by Gasteiger charge is -2.51. The highest BCUT2D eigenvalue weighted by Gasteiger charge is 2.64. The zero-order chi connectivity index (χ0) is 9.47. The van der Waals surface area contributed by atoms with E-state index in [2.05, 4.69) is 0 Å². The molecule has 0 spiro atoms. The van der Waals surface area contributed by atoms with Crippen molar-refractivity contribution in [3.8, 4) is 0 Å². The minimum atomic E-state index is -0.841. The largest absolute Gasteiger partial charge is 0.453 e. The Bertz CT molecular complexity index is 253. The third-order valence-electron chi connectivity index (χ3n) is 3.19. The van der Waals surface area contributed by atoms with Crippen LogP contribution >= 0.6 is 11.6 Å². The van der Waals surface area contributed by atoms with E-state index in [1.165, 1.54) is 0 Å². The summed E-state index contributed by atoms with van der Waals surface area (Å²) < 4.78 is 4.94. The number of ether oxygens (including phenoxy) is 1. The molecular weight excluding hydrogens is 192 g/mol. The van der Waals surface area contributed by atoms with E-state index in [1.807, 2.05) is 0 Å². The van der Waals surface area contributed by atoms with Gasteiger partial charge < -0.3 is 4.74 Å². The summed E-state index contributed by atoms with van der Waals surface area (Å²) in [5.41, 5.74) is -0.841. The van der Waals surface area contributed by atoms with Gasteiger partial charge in [-0.1, -0.05) is 6.42 Å². The fraction of sp³-hybridized carbons (Fsp3) is 0.778. The fourth-order valence-corrected chi connectivity index (χ4v) is 2.98. The average molecular weight is 203 g/mol. The first kappa shape index (κ1) is 9.00. The Kier molecular flexibility index (Phi) is 2.06. The molecule has 0 aliphatic heterocycles. The molecule has 2 aliphatic rings. The molecule has 13 heavy (non-hydrogen) atoms. The molecule has 0 aromatic rings. The normalized spacial score (nSPS) is 43.3. The van der Waals surface area contributed by atoms with Gasteiger partial charge in [-0.15, -0.1) is 11.6 Å². The van der Waals surface area contributed by atoms with Gasteiger partial charge in [-0.3, -0.25) is 9.59 Å². The Morgan fingerprint density at radius 3 is 3.00 bits per heavy atom. The van der Waals surface area contributed by atoms with Crippen molar-refractivity contribution in [1.82, 2.24) is 0 Å². The Hall–Kier alpha value is -0.570. The molecule has 0 aromatic heterocycles. The standard InChI is InChI=1S/C9H11ClO3/c10-7-6-3-1-2-4-9(6,8(7)12)13-5-11/h5-7H,1-4H2/t6-,7?,9+/m0/s1. The third-order valence-corrected chi connectivity index (χ3v) is 3.69. The molecule has 3 nitrogen and oxygen atoms in total. The van der Waals surface area contributed by atoms with Crippen LogP contribution in [0.25, 0.3) is 0 Å². The lowest BCUT2D eigenvalue weighted by Crippen LogP contribution is -2.67. The molecule has 72 valence electrons. The molecule has 4 heteroatoms. The zero-order valence-electron chi connectivity index (χ0n) is 7.16. The molecule has 2 rings (SSSR count). The molecule has 0 amide bonds. The number of hydrogen-bond acceptors (Lipinski definition) is 3. The number of halogens is 1. The molecule has 1 unspecified atom stereocenters. The van der Waals surface area contributed by atoms with Gasteiger partial charge >= 0.3 is 0 Å². The average Bonchev–Trinajstić information content (AvgIpc) is 2.17. The first-order chi connectivity index (χ1) is 6.22. The quantitative estimate of drug-likeness (QED) is 0.501. The second kappa shape index (κ2) is 2.98. The van der Waals surface area contributed by atoms with Crippen LogP contribution < -0.4 is 0 Å². The van der Waals surface area contributed by atoms with Crippen molar-refractivity contribution in [2.24, 2.45) is 5.92 Å². The lowest BCUT2D eigenvalue weighted by molar-refractivity contribution is -0.183. The maximum atomic E-state index is 11.5. The predicted octanol–water partition coefficient (Wildman–Crippen LogP) is 1.28. The van der Waals surface area contributed by atoms with E-state index in [-0.39, 0.29) is 11.7 Å². The van der Waals surface area contributed by atoms with Crippen LogP contribution in [0.2, 0.25) is 0 Å². The molecule has 0 bridgehead atoms. The maximum Gasteiger partial charge on any atom is 0.294 e. The topological polar surface area (TPSA) is 43.4 Å². The lowest BCUT2D eigenvalue weighted by atomic mass is 9.60. The summed E-state index contributed by atoms with van der Waals surface area (Å²) in [6.07, 6.45) is 3.57. The van der Waals surface area contributed by atoms with Gasteiger partial charge in [0, 0.05) is 5.92 Å². The molecular formula is C9H11ClO3. The van der Waals surface area contributed by atoms with Crippen molar-refractivity contribution in [1.29, 1.82) is 0 Å². The number of carbonyl (C=O) groups excluding carboxylic acids is 2. The van der Waals surface area contributed by atoms with Crippen molar-refractivity contribution < 1.29 is 14.3 Å². The number of alkyl halides is 1. The molecule has 0 heterocycles. The van der Waals surface area contributed by atoms with E-state index in [1.54, 1.807) is 0 Å². The molecule has 2 aliphatic carbocycles. The molecule has 0 radical (unpaired) electrons. The van der Waals surface area contributed by atoms with E-state index in [4.69, 9.17) is 16.3 Å². The van der Waals surface area contributed by atoms with Crippen LogP contribution in [0.3, 0.4) is 0 Å². The highest BCUT2D eigenvalue weighted by atomic mass is 35.5. The zero-order valence-corrected chi connectivity index (χ0v) is 7.92. The van der Waals surface area contributed by atoms with E-state index in [0.29, 0.717) is 12.9 Å². The van der Waals surface area contributed by atoms with Gasteiger partial charge in [0.2, 0.25) is 0 Å².